The molecule has 0 saturated carbocycles. The van der Waals surface area contributed by atoms with Gasteiger partial charge in [0.1, 0.15) is 6.26 Å². The van der Waals surface area contributed by atoms with Crippen molar-refractivity contribution < 1.29 is 14.0 Å². The molecule has 5 heteroatoms. The molecule has 5 nitrogen and oxygen atoms in total. The van der Waals surface area contributed by atoms with E-state index in [2.05, 4.69) is 20.1 Å². The second-order valence-electron chi connectivity index (χ2n) is 1.70. The summed E-state index contributed by atoms with van der Waals surface area (Å²) < 4.78 is 4.65. The highest BCUT2D eigenvalue weighted by molar-refractivity contribution is 5.83. The molecule has 1 aromatic heterocycles. The number of aromatic nitrogens is 1. The lowest BCUT2D eigenvalue weighted by atomic mass is 10.6. The molecule has 0 spiro atoms. The van der Waals surface area contributed by atoms with Crippen molar-refractivity contribution in [3.05, 3.63) is 17.8 Å². The number of rotatable bonds is 1. The number of oxazole rings is 1. The molecule has 1 rings (SSSR count). The monoisotopic (exact) mass is 142 g/mol. The van der Waals surface area contributed by atoms with Crippen LogP contribution in [-0.2, 0) is 4.84 Å². The van der Waals surface area contributed by atoms with E-state index in [4.69, 9.17) is 0 Å². The molecule has 0 saturated heterocycles. The van der Waals surface area contributed by atoms with E-state index in [0.717, 1.165) is 0 Å². The molecule has 1 heterocycles. The number of carbonyl (C=O) groups is 1. The minimum Gasteiger partial charge on any atom is -0.439 e. The van der Waals surface area contributed by atoms with Gasteiger partial charge in [0.25, 0.3) is 0 Å². The summed E-state index contributed by atoms with van der Waals surface area (Å²) in [7, 11) is 0. The van der Waals surface area contributed by atoms with Crippen LogP contribution in [0.4, 0.5) is 0 Å². The quantitative estimate of drug-likeness (QED) is 0.559. The first-order valence-corrected chi connectivity index (χ1v) is 2.57. The molecule has 0 bridgehead atoms. The zero-order valence-corrected chi connectivity index (χ0v) is 5.33. The van der Waals surface area contributed by atoms with E-state index in [1.165, 1.54) is 6.26 Å². The first kappa shape index (κ1) is 6.76. The molecule has 0 aromatic carbocycles. The van der Waals surface area contributed by atoms with Crippen molar-refractivity contribution in [1.29, 1.82) is 0 Å². The van der Waals surface area contributed by atoms with Gasteiger partial charge in [0.15, 0.2) is 0 Å². The summed E-state index contributed by atoms with van der Waals surface area (Å²) in [5.41, 5.74) is 0.611. The molecule has 0 aliphatic heterocycles. The third-order valence-electron chi connectivity index (χ3n) is 0.901. The van der Waals surface area contributed by atoms with Gasteiger partial charge in [0.2, 0.25) is 0 Å². The van der Waals surface area contributed by atoms with Gasteiger partial charge < -0.3 is 9.25 Å². The van der Waals surface area contributed by atoms with Gasteiger partial charge in [-0.05, 0) is 6.92 Å². The molecular weight excluding hydrogens is 136 g/mol. The minimum absolute atomic E-state index is 0.125. The lowest BCUT2D eigenvalue weighted by Crippen LogP contribution is -2.10. The fourth-order valence-corrected chi connectivity index (χ4v) is 0.498. The maximum absolute atomic E-state index is 10.5. The molecular formula is C5H6N2O3. The molecule has 1 aromatic rings. The van der Waals surface area contributed by atoms with Gasteiger partial charge in [-0.1, -0.05) is 0 Å². The molecule has 0 radical (unpaired) electrons. The molecule has 0 amide bonds. The lowest BCUT2D eigenvalue weighted by molar-refractivity contribution is 0.0457. The van der Waals surface area contributed by atoms with Crippen LogP contribution in [0.25, 0.3) is 0 Å². The topological polar surface area (TPSA) is 78.3 Å². The fraction of sp³-hybridized carbons (Fsp3) is 0.200. The van der Waals surface area contributed by atoms with Crippen molar-refractivity contribution in [2.24, 2.45) is 5.90 Å². The Kier molecular flexibility index (Phi) is 1.68. The number of hydrogen-bond donors (Lipinski definition) is 1. The molecule has 0 aliphatic rings. The number of nitrogens with two attached hydrogens (primary N) is 1. The first-order chi connectivity index (χ1) is 4.74. The van der Waals surface area contributed by atoms with Crippen LogP contribution in [0.1, 0.15) is 16.4 Å². The fourth-order valence-electron chi connectivity index (χ4n) is 0.498. The Bertz CT molecular complexity index is 243. The van der Waals surface area contributed by atoms with E-state index in [0.29, 0.717) is 5.69 Å². The predicted molar refractivity (Wildman–Crippen MR) is 30.8 cm³/mol. The largest absolute Gasteiger partial charge is 0.439 e. The van der Waals surface area contributed by atoms with Gasteiger partial charge in [0, 0.05) is 0 Å². The Morgan fingerprint density at radius 1 is 1.90 bits per heavy atom. The number of aryl methyl sites for hydroxylation is 1. The van der Waals surface area contributed by atoms with Crippen molar-refractivity contribution in [2.75, 3.05) is 0 Å². The lowest BCUT2D eigenvalue weighted by Gasteiger charge is -1.87. The predicted octanol–water partition coefficient (Wildman–Crippen LogP) is 0.0135. The minimum atomic E-state index is -0.770. The summed E-state index contributed by atoms with van der Waals surface area (Å²) in [5.74, 6) is 3.67. The van der Waals surface area contributed by atoms with Crippen LogP contribution in [0, 0.1) is 6.92 Å². The standard InChI is InChI=1S/C5H6N2O3/c1-3-2-9-4(7-3)5(8)10-6/h2H,6H2,1H3. The van der Waals surface area contributed by atoms with Crippen molar-refractivity contribution in [1.82, 2.24) is 4.98 Å². The van der Waals surface area contributed by atoms with Gasteiger partial charge >= 0.3 is 11.9 Å². The van der Waals surface area contributed by atoms with E-state index >= 15 is 0 Å². The van der Waals surface area contributed by atoms with Gasteiger partial charge in [-0.3, -0.25) is 0 Å². The van der Waals surface area contributed by atoms with E-state index in [-0.39, 0.29) is 5.89 Å². The van der Waals surface area contributed by atoms with Crippen molar-refractivity contribution in [3.63, 3.8) is 0 Å². The maximum atomic E-state index is 10.5. The Morgan fingerprint density at radius 2 is 2.60 bits per heavy atom. The Hall–Kier alpha value is -1.36. The van der Waals surface area contributed by atoms with Crippen LogP contribution in [0.15, 0.2) is 10.7 Å². The Labute approximate surface area is 56.7 Å². The van der Waals surface area contributed by atoms with Crippen molar-refractivity contribution in [2.45, 2.75) is 6.92 Å². The molecule has 54 valence electrons. The molecule has 0 unspecified atom stereocenters. The molecule has 0 aliphatic carbocycles. The van der Waals surface area contributed by atoms with Crippen LogP contribution in [0.2, 0.25) is 0 Å². The van der Waals surface area contributed by atoms with Crippen LogP contribution in [-0.4, -0.2) is 11.0 Å². The zero-order valence-electron chi connectivity index (χ0n) is 5.33. The van der Waals surface area contributed by atoms with Crippen molar-refractivity contribution in [3.8, 4) is 0 Å². The average Bonchev–Trinajstić information content (AvgIpc) is 2.34. The van der Waals surface area contributed by atoms with Crippen molar-refractivity contribution >= 4 is 5.97 Å². The van der Waals surface area contributed by atoms with Crippen LogP contribution in [0.5, 0.6) is 0 Å². The van der Waals surface area contributed by atoms with Crippen LogP contribution >= 0.6 is 0 Å². The zero-order chi connectivity index (χ0) is 7.56. The summed E-state index contributed by atoms with van der Waals surface area (Å²) in [5, 5.41) is 0. The third-order valence-corrected chi connectivity index (χ3v) is 0.901. The van der Waals surface area contributed by atoms with E-state index in [9.17, 15) is 4.79 Å². The van der Waals surface area contributed by atoms with Gasteiger partial charge in [0.05, 0.1) is 5.69 Å². The second kappa shape index (κ2) is 2.49. The summed E-state index contributed by atoms with van der Waals surface area (Å²) >= 11 is 0. The number of hydrogen-bond acceptors (Lipinski definition) is 5. The number of nitrogens with zero attached hydrogens (tertiary/aromatic N) is 1. The smallest absolute Gasteiger partial charge is 0.413 e. The Balaban J connectivity index is 2.85. The highest BCUT2D eigenvalue weighted by Gasteiger charge is 2.11. The van der Waals surface area contributed by atoms with Gasteiger partial charge in [-0.2, -0.15) is 5.90 Å². The molecule has 0 atom stereocenters. The SMILES string of the molecule is Cc1coc(C(=O)ON)n1. The second-order valence-corrected chi connectivity index (χ2v) is 1.70. The first-order valence-electron chi connectivity index (χ1n) is 2.57. The summed E-state index contributed by atoms with van der Waals surface area (Å²) in [6.45, 7) is 1.69. The highest BCUT2D eigenvalue weighted by atomic mass is 16.7. The molecule has 10 heavy (non-hydrogen) atoms. The normalized spacial score (nSPS) is 9.40. The molecule has 0 fully saturated rings. The number of carbonyl (C=O) groups excluding carboxylic acids is 1. The highest BCUT2D eigenvalue weighted by Crippen LogP contribution is 2.00. The van der Waals surface area contributed by atoms with E-state index in [1.807, 2.05) is 0 Å². The third kappa shape index (κ3) is 1.14. The van der Waals surface area contributed by atoms with Gasteiger partial charge in [-0.15, -0.1) is 0 Å². The summed E-state index contributed by atoms with van der Waals surface area (Å²) in [6.07, 6.45) is 1.34. The average molecular weight is 142 g/mol. The van der Waals surface area contributed by atoms with E-state index < -0.39 is 5.97 Å². The van der Waals surface area contributed by atoms with E-state index in [1.54, 1.807) is 6.92 Å². The summed E-state index contributed by atoms with van der Waals surface area (Å²) in [6, 6.07) is 0. The van der Waals surface area contributed by atoms with Crippen LogP contribution < -0.4 is 5.90 Å². The van der Waals surface area contributed by atoms with Crippen LogP contribution in [0.3, 0.4) is 0 Å². The molecule has 2 N–H and O–H groups in total. The Morgan fingerprint density at radius 3 is 3.00 bits per heavy atom. The van der Waals surface area contributed by atoms with Gasteiger partial charge in [-0.25, -0.2) is 9.78 Å². The summed E-state index contributed by atoms with van der Waals surface area (Å²) in [4.78, 5) is 18.0. The maximum Gasteiger partial charge on any atom is 0.413 e.